The van der Waals surface area contributed by atoms with Crippen molar-refractivity contribution in [2.24, 2.45) is 5.92 Å². The van der Waals surface area contributed by atoms with Gasteiger partial charge in [-0.1, -0.05) is 6.92 Å². The standard InChI is InChI=1S/C13H21NO2S2/c1-3-6-14-12(13-10(2)4-7-17-13)11-5-8-18(15,16)9-11/h4,7,11-12,14H,3,5-6,8-9H2,1-2H3. The lowest BCUT2D eigenvalue weighted by Gasteiger charge is -2.23. The molecule has 0 bridgehead atoms. The summed E-state index contributed by atoms with van der Waals surface area (Å²) in [7, 11) is -2.80. The number of nitrogens with one attached hydrogen (secondary N) is 1. The molecule has 1 aromatic rings. The molecular weight excluding hydrogens is 266 g/mol. The van der Waals surface area contributed by atoms with Gasteiger partial charge in [0.05, 0.1) is 11.5 Å². The summed E-state index contributed by atoms with van der Waals surface area (Å²) in [4.78, 5) is 1.31. The zero-order chi connectivity index (χ0) is 13.2. The normalized spacial score (nSPS) is 24.2. The largest absolute Gasteiger partial charge is 0.309 e. The smallest absolute Gasteiger partial charge is 0.150 e. The average molecular weight is 287 g/mol. The molecule has 1 aromatic heterocycles. The Bertz CT molecular complexity index is 493. The Morgan fingerprint density at radius 2 is 2.33 bits per heavy atom. The maximum absolute atomic E-state index is 11.6. The van der Waals surface area contributed by atoms with Gasteiger partial charge in [0.25, 0.3) is 0 Å². The SMILES string of the molecule is CCCNC(c1sccc1C)C1CCS(=O)(=O)C1. The van der Waals surface area contributed by atoms with Gasteiger partial charge in [-0.05, 0) is 49.2 Å². The van der Waals surface area contributed by atoms with Crippen LogP contribution in [0.4, 0.5) is 0 Å². The van der Waals surface area contributed by atoms with Crippen molar-refractivity contribution < 1.29 is 8.42 Å². The molecular formula is C13H21NO2S2. The number of aryl methyl sites for hydroxylation is 1. The average Bonchev–Trinajstić information content (AvgIpc) is 2.87. The summed E-state index contributed by atoms with van der Waals surface area (Å²) >= 11 is 1.74. The Balaban J connectivity index is 2.18. The summed E-state index contributed by atoms with van der Waals surface area (Å²) < 4.78 is 23.3. The van der Waals surface area contributed by atoms with E-state index in [0.717, 1.165) is 19.4 Å². The van der Waals surface area contributed by atoms with Gasteiger partial charge >= 0.3 is 0 Å². The van der Waals surface area contributed by atoms with Gasteiger partial charge in [-0.3, -0.25) is 0 Å². The van der Waals surface area contributed by atoms with Crippen LogP contribution < -0.4 is 5.32 Å². The van der Waals surface area contributed by atoms with Crippen molar-refractivity contribution in [3.8, 4) is 0 Å². The molecule has 5 heteroatoms. The predicted octanol–water partition coefficient (Wildman–Crippen LogP) is 2.53. The van der Waals surface area contributed by atoms with Crippen LogP contribution in [0.5, 0.6) is 0 Å². The quantitative estimate of drug-likeness (QED) is 0.905. The summed E-state index contributed by atoms with van der Waals surface area (Å²) in [5.74, 6) is 0.928. The molecule has 1 aliphatic heterocycles. The second kappa shape index (κ2) is 5.72. The van der Waals surface area contributed by atoms with Crippen LogP contribution in [0.3, 0.4) is 0 Å². The molecule has 0 amide bonds. The lowest BCUT2D eigenvalue weighted by molar-refractivity contribution is 0.397. The first-order valence-electron chi connectivity index (χ1n) is 6.51. The van der Waals surface area contributed by atoms with Crippen molar-refractivity contribution in [1.29, 1.82) is 0 Å². The molecule has 0 radical (unpaired) electrons. The molecule has 1 N–H and O–H groups in total. The molecule has 0 spiro atoms. The first kappa shape index (κ1) is 14.0. The molecule has 2 unspecified atom stereocenters. The monoisotopic (exact) mass is 287 g/mol. The minimum atomic E-state index is -2.80. The van der Waals surface area contributed by atoms with Crippen LogP contribution >= 0.6 is 11.3 Å². The number of sulfone groups is 1. The maximum Gasteiger partial charge on any atom is 0.150 e. The van der Waals surface area contributed by atoms with Crippen LogP contribution in [0.15, 0.2) is 11.4 Å². The Labute approximate surface area is 114 Å². The predicted molar refractivity (Wildman–Crippen MR) is 76.9 cm³/mol. The third-order valence-electron chi connectivity index (χ3n) is 3.54. The lowest BCUT2D eigenvalue weighted by atomic mass is 9.96. The number of rotatable bonds is 5. The van der Waals surface area contributed by atoms with E-state index in [1.54, 1.807) is 11.3 Å². The van der Waals surface area contributed by atoms with E-state index in [2.05, 4.69) is 30.6 Å². The molecule has 2 heterocycles. The highest BCUT2D eigenvalue weighted by Gasteiger charge is 2.35. The fourth-order valence-corrected chi connectivity index (χ4v) is 5.50. The fraction of sp³-hybridized carbons (Fsp3) is 0.692. The van der Waals surface area contributed by atoms with Crippen LogP contribution in [0.25, 0.3) is 0 Å². The molecule has 0 aromatic carbocycles. The summed E-state index contributed by atoms with van der Waals surface area (Å²) in [6.45, 7) is 5.19. The second-order valence-corrected chi connectivity index (χ2v) is 8.24. The van der Waals surface area contributed by atoms with Gasteiger partial charge in [0, 0.05) is 10.9 Å². The van der Waals surface area contributed by atoms with E-state index in [1.165, 1.54) is 10.4 Å². The molecule has 1 fully saturated rings. The molecule has 2 rings (SSSR count). The van der Waals surface area contributed by atoms with Crippen LogP contribution in [0.2, 0.25) is 0 Å². The Morgan fingerprint density at radius 1 is 1.56 bits per heavy atom. The van der Waals surface area contributed by atoms with E-state index in [4.69, 9.17) is 0 Å². The minimum Gasteiger partial charge on any atom is -0.309 e. The van der Waals surface area contributed by atoms with Crippen molar-refractivity contribution in [2.75, 3.05) is 18.1 Å². The number of thiophene rings is 1. The number of hydrogen-bond donors (Lipinski definition) is 1. The van der Waals surface area contributed by atoms with E-state index in [0.29, 0.717) is 11.5 Å². The Kier molecular flexibility index (Phi) is 4.45. The highest BCUT2D eigenvalue weighted by atomic mass is 32.2. The summed E-state index contributed by atoms with van der Waals surface area (Å²) in [6.07, 6.45) is 1.86. The molecule has 2 atom stereocenters. The van der Waals surface area contributed by atoms with Crippen LogP contribution in [-0.4, -0.2) is 26.5 Å². The summed E-state index contributed by atoms with van der Waals surface area (Å²) in [6, 6.07) is 2.33. The fourth-order valence-electron chi connectivity index (χ4n) is 2.56. The summed E-state index contributed by atoms with van der Waals surface area (Å²) in [5, 5.41) is 5.63. The first-order chi connectivity index (χ1) is 8.53. The molecule has 0 saturated carbocycles. The lowest BCUT2D eigenvalue weighted by Crippen LogP contribution is -2.29. The third-order valence-corrected chi connectivity index (χ3v) is 6.43. The second-order valence-electron chi connectivity index (χ2n) is 5.06. The van der Waals surface area contributed by atoms with Crippen LogP contribution in [-0.2, 0) is 9.84 Å². The first-order valence-corrected chi connectivity index (χ1v) is 9.21. The van der Waals surface area contributed by atoms with Crippen molar-refractivity contribution in [1.82, 2.24) is 5.32 Å². The van der Waals surface area contributed by atoms with Crippen molar-refractivity contribution >= 4 is 21.2 Å². The van der Waals surface area contributed by atoms with Gasteiger partial charge < -0.3 is 5.32 Å². The minimum absolute atomic E-state index is 0.210. The van der Waals surface area contributed by atoms with E-state index >= 15 is 0 Å². The molecule has 18 heavy (non-hydrogen) atoms. The van der Waals surface area contributed by atoms with Gasteiger partial charge in [0.2, 0.25) is 0 Å². The van der Waals surface area contributed by atoms with Crippen molar-refractivity contribution in [3.63, 3.8) is 0 Å². The Morgan fingerprint density at radius 3 is 2.83 bits per heavy atom. The molecule has 3 nitrogen and oxygen atoms in total. The van der Waals surface area contributed by atoms with Crippen LogP contribution in [0, 0.1) is 12.8 Å². The highest BCUT2D eigenvalue weighted by molar-refractivity contribution is 7.91. The zero-order valence-electron chi connectivity index (χ0n) is 11.0. The maximum atomic E-state index is 11.6. The van der Waals surface area contributed by atoms with Crippen molar-refractivity contribution in [3.05, 3.63) is 21.9 Å². The van der Waals surface area contributed by atoms with Gasteiger partial charge in [0.15, 0.2) is 9.84 Å². The van der Waals surface area contributed by atoms with E-state index in [-0.39, 0.29) is 12.0 Å². The zero-order valence-corrected chi connectivity index (χ0v) is 12.6. The number of hydrogen-bond acceptors (Lipinski definition) is 4. The Hall–Kier alpha value is -0.390. The van der Waals surface area contributed by atoms with Gasteiger partial charge in [0.1, 0.15) is 0 Å². The van der Waals surface area contributed by atoms with Crippen molar-refractivity contribution in [2.45, 2.75) is 32.7 Å². The van der Waals surface area contributed by atoms with E-state index in [9.17, 15) is 8.42 Å². The van der Waals surface area contributed by atoms with E-state index < -0.39 is 9.84 Å². The van der Waals surface area contributed by atoms with Crippen LogP contribution in [0.1, 0.15) is 36.2 Å². The highest BCUT2D eigenvalue weighted by Crippen LogP contribution is 2.35. The summed E-state index contributed by atoms with van der Waals surface area (Å²) in [5.41, 5.74) is 1.28. The van der Waals surface area contributed by atoms with Gasteiger partial charge in [-0.2, -0.15) is 0 Å². The molecule has 102 valence electrons. The molecule has 0 aliphatic carbocycles. The van der Waals surface area contributed by atoms with Gasteiger partial charge in [-0.25, -0.2) is 8.42 Å². The third kappa shape index (κ3) is 3.13. The van der Waals surface area contributed by atoms with Gasteiger partial charge in [-0.15, -0.1) is 11.3 Å². The molecule has 1 aliphatic rings. The van der Waals surface area contributed by atoms with E-state index in [1.807, 2.05) is 0 Å². The topological polar surface area (TPSA) is 46.2 Å². The molecule has 1 saturated heterocycles.